The Morgan fingerprint density at radius 1 is 1.10 bits per heavy atom. The maximum absolute atomic E-state index is 5.95. The summed E-state index contributed by atoms with van der Waals surface area (Å²) in [7, 11) is 0. The van der Waals surface area contributed by atoms with Crippen molar-refractivity contribution < 1.29 is 4.74 Å². The lowest BCUT2D eigenvalue weighted by molar-refractivity contribution is 0.454. The smallest absolute Gasteiger partial charge is 0.227 e. The van der Waals surface area contributed by atoms with Gasteiger partial charge in [0.1, 0.15) is 17.4 Å². The first kappa shape index (κ1) is 15.3. The van der Waals surface area contributed by atoms with Crippen LogP contribution in [-0.4, -0.2) is 9.97 Å². The Hall–Kier alpha value is -2.14. The number of hydrogen-bond donors (Lipinski definition) is 2. The van der Waals surface area contributed by atoms with Gasteiger partial charge in [-0.3, -0.25) is 0 Å². The Kier molecular flexibility index (Phi) is 4.75. The number of nitrogens with one attached hydrogen (secondary N) is 1. The van der Waals surface area contributed by atoms with Gasteiger partial charge in [0.05, 0.1) is 5.56 Å². The van der Waals surface area contributed by atoms with Crippen LogP contribution in [0.2, 0.25) is 0 Å². The fourth-order valence-corrected chi connectivity index (χ4v) is 2.22. The molecule has 21 heavy (non-hydrogen) atoms. The minimum atomic E-state index is 0.548. The van der Waals surface area contributed by atoms with Crippen LogP contribution in [-0.2, 0) is 6.42 Å². The van der Waals surface area contributed by atoms with E-state index in [1.165, 1.54) is 0 Å². The number of nitrogens with two attached hydrogens (primary N) is 1. The van der Waals surface area contributed by atoms with Crippen molar-refractivity contribution >= 4 is 5.82 Å². The molecule has 0 spiro atoms. The number of hydrogen-bond acceptors (Lipinski definition) is 5. The Labute approximate surface area is 125 Å². The van der Waals surface area contributed by atoms with Gasteiger partial charge in [-0.05, 0) is 50.5 Å². The van der Waals surface area contributed by atoms with Gasteiger partial charge in [-0.25, -0.2) is 10.8 Å². The van der Waals surface area contributed by atoms with Crippen LogP contribution in [0, 0.1) is 20.8 Å². The van der Waals surface area contributed by atoms with Crippen molar-refractivity contribution in [2.75, 3.05) is 5.43 Å². The van der Waals surface area contributed by atoms with E-state index >= 15 is 0 Å². The second kappa shape index (κ2) is 6.54. The molecule has 0 fully saturated rings. The van der Waals surface area contributed by atoms with Crippen molar-refractivity contribution in [3.05, 3.63) is 40.7 Å². The van der Waals surface area contributed by atoms with Gasteiger partial charge in [-0.15, -0.1) is 0 Å². The highest BCUT2D eigenvalue weighted by molar-refractivity contribution is 5.49. The summed E-state index contributed by atoms with van der Waals surface area (Å²) in [5.41, 5.74) is 5.72. The molecule has 2 aromatic rings. The van der Waals surface area contributed by atoms with Gasteiger partial charge in [0, 0.05) is 6.42 Å². The molecule has 0 bridgehead atoms. The van der Waals surface area contributed by atoms with E-state index < -0.39 is 0 Å². The first-order valence-electron chi connectivity index (χ1n) is 7.13. The van der Waals surface area contributed by atoms with Crippen LogP contribution in [0.5, 0.6) is 11.6 Å². The molecule has 112 valence electrons. The van der Waals surface area contributed by atoms with Crippen LogP contribution in [0.1, 0.15) is 35.9 Å². The number of nitrogen functional groups attached to an aromatic ring is 1. The number of benzene rings is 1. The number of aromatic nitrogens is 2. The molecule has 1 aromatic carbocycles. The van der Waals surface area contributed by atoms with Crippen LogP contribution in [0.25, 0.3) is 0 Å². The van der Waals surface area contributed by atoms with Gasteiger partial charge in [-0.2, -0.15) is 4.98 Å². The molecule has 1 aromatic heterocycles. The van der Waals surface area contributed by atoms with Crippen molar-refractivity contribution in [1.29, 1.82) is 0 Å². The summed E-state index contributed by atoms with van der Waals surface area (Å²) in [6.45, 7) is 8.07. The lowest BCUT2D eigenvalue weighted by atomic mass is 10.1. The standard InChI is InChI=1S/C16H22N4O/c1-5-6-14-18-15(20-17)12(4)16(19-14)21-13-8-10(2)7-11(3)9-13/h7-9H,5-6,17H2,1-4H3,(H,18,19,20). The van der Waals surface area contributed by atoms with Crippen LogP contribution in [0.15, 0.2) is 18.2 Å². The molecule has 0 aliphatic heterocycles. The first-order chi connectivity index (χ1) is 10.0. The average molecular weight is 286 g/mol. The lowest BCUT2D eigenvalue weighted by Crippen LogP contribution is -2.13. The molecule has 0 unspecified atom stereocenters. The SMILES string of the molecule is CCCc1nc(NN)c(C)c(Oc2cc(C)cc(C)c2)n1. The predicted octanol–water partition coefficient (Wildman–Crippen LogP) is 3.43. The van der Waals surface area contributed by atoms with Gasteiger partial charge in [0.15, 0.2) is 0 Å². The van der Waals surface area contributed by atoms with E-state index in [0.29, 0.717) is 11.7 Å². The highest BCUT2D eigenvalue weighted by Gasteiger charge is 2.12. The summed E-state index contributed by atoms with van der Waals surface area (Å²) in [5, 5.41) is 0. The number of hydrazine groups is 1. The maximum Gasteiger partial charge on any atom is 0.227 e. The summed E-state index contributed by atoms with van der Waals surface area (Å²) in [5.74, 6) is 8.19. The van der Waals surface area contributed by atoms with Crippen molar-refractivity contribution in [2.24, 2.45) is 5.84 Å². The molecule has 0 amide bonds. The highest BCUT2D eigenvalue weighted by atomic mass is 16.5. The van der Waals surface area contributed by atoms with E-state index in [2.05, 4.69) is 28.4 Å². The Morgan fingerprint density at radius 2 is 1.76 bits per heavy atom. The van der Waals surface area contributed by atoms with Crippen LogP contribution >= 0.6 is 0 Å². The molecule has 2 rings (SSSR count). The van der Waals surface area contributed by atoms with Crippen molar-refractivity contribution in [3.63, 3.8) is 0 Å². The topological polar surface area (TPSA) is 73.1 Å². The number of nitrogens with zero attached hydrogens (tertiary/aromatic N) is 2. The molecule has 0 aliphatic rings. The summed E-state index contributed by atoms with van der Waals surface area (Å²) >= 11 is 0. The van der Waals surface area contributed by atoms with Crippen LogP contribution < -0.4 is 16.0 Å². The fourth-order valence-electron chi connectivity index (χ4n) is 2.22. The van der Waals surface area contributed by atoms with E-state index in [9.17, 15) is 0 Å². The Morgan fingerprint density at radius 3 is 2.33 bits per heavy atom. The lowest BCUT2D eigenvalue weighted by Gasteiger charge is -2.13. The first-order valence-corrected chi connectivity index (χ1v) is 7.13. The highest BCUT2D eigenvalue weighted by Crippen LogP contribution is 2.28. The average Bonchev–Trinajstić information content (AvgIpc) is 2.41. The largest absolute Gasteiger partial charge is 0.439 e. The van der Waals surface area contributed by atoms with Crippen molar-refractivity contribution in [3.8, 4) is 11.6 Å². The minimum Gasteiger partial charge on any atom is -0.439 e. The zero-order valence-corrected chi connectivity index (χ0v) is 13.0. The van der Waals surface area contributed by atoms with Gasteiger partial charge in [0.2, 0.25) is 5.88 Å². The van der Waals surface area contributed by atoms with Gasteiger partial charge < -0.3 is 10.2 Å². The molecule has 3 N–H and O–H groups in total. The maximum atomic E-state index is 5.95. The molecule has 0 aliphatic carbocycles. The fraction of sp³-hybridized carbons (Fsp3) is 0.375. The van der Waals surface area contributed by atoms with Crippen LogP contribution in [0.3, 0.4) is 0 Å². The van der Waals surface area contributed by atoms with Crippen molar-refractivity contribution in [1.82, 2.24) is 9.97 Å². The molecule has 0 saturated carbocycles. The third kappa shape index (κ3) is 3.70. The van der Waals surface area contributed by atoms with E-state index in [4.69, 9.17) is 10.6 Å². The third-order valence-corrected chi connectivity index (χ3v) is 3.17. The molecular weight excluding hydrogens is 264 g/mol. The Balaban J connectivity index is 2.39. The van der Waals surface area contributed by atoms with E-state index in [1.807, 2.05) is 32.9 Å². The molecular formula is C16H22N4O. The predicted molar refractivity (Wildman–Crippen MR) is 84.6 cm³/mol. The van der Waals surface area contributed by atoms with Gasteiger partial charge in [-0.1, -0.05) is 13.0 Å². The molecule has 5 heteroatoms. The summed E-state index contributed by atoms with van der Waals surface area (Å²) in [4.78, 5) is 8.89. The molecule has 1 heterocycles. The number of rotatable bonds is 5. The van der Waals surface area contributed by atoms with E-state index in [-0.39, 0.29) is 0 Å². The second-order valence-electron chi connectivity index (χ2n) is 5.24. The summed E-state index contributed by atoms with van der Waals surface area (Å²) in [6, 6.07) is 6.09. The second-order valence-corrected chi connectivity index (χ2v) is 5.24. The summed E-state index contributed by atoms with van der Waals surface area (Å²) in [6.07, 6.45) is 1.76. The van der Waals surface area contributed by atoms with Crippen LogP contribution in [0.4, 0.5) is 5.82 Å². The molecule has 0 radical (unpaired) electrons. The minimum absolute atomic E-state index is 0.548. The number of anilines is 1. The molecule has 0 saturated heterocycles. The Bertz CT molecular complexity index is 620. The number of ether oxygens (including phenoxy) is 1. The molecule has 0 atom stereocenters. The quantitative estimate of drug-likeness (QED) is 0.650. The normalized spacial score (nSPS) is 10.5. The molecule has 5 nitrogen and oxygen atoms in total. The van der Waals surface area contributed by atoms with Gasteiger partial charge >= 0.3 is 0 Å². The zero-order chi connectivity index (χ0) is 15.4. The summed E-state index contributed by atoms with van der Waals surface area (Å²) < 4.78 is 5.95. The van der Waals surface area contributed by atoms with E-state index in [0.717, 1.165) is 41.1 Å². The zero-order valence-electron chi connectivity index (χ0n) is 13.0. The monoisotopic (exact) mass is 286 g/mol. The number of aryl methyl sites for hydroxylation is 3. The van der Waals surface area contributed by atoms with E-state index in [1.54, 1.807) is 0 Å². The van der Waals surface area contributed by atoms with Gasteiger partial charge in [0.25, 0.3) is 0 Å². The third-order valence-electron chi connectivity index (χ3n) is 3.17. The van der Waals surface area contributed by atoms with Crippen molar-refractivity contribution in [2.45, 2.75) is 40.5 Å².